The largest absolute Gasteiger partial charge is 0.507 e. The van der Waals surface area contributed by atoms with Crippen molar-refractivity contribution in [3.63, 3.8) is 0 Å². The van der Waals surface area contributed by atoms with Crippen molar-refractivity contribution in [1.29, 1.82) is 0 Å². The van der Waals surface area contributed by atoms with Crippen LogP contribution in [-0.2, 0) is 9.53 Å². The highest BCUT2D eigenvalue weighted by atomic mass is 16.6. The van der Waals surface area contributed by atoms with E-state index >= 15 is 0 Å². The van der Waals surface area contributed by atoms with Crippen LogP contribution in [-0.4, -0.2) is 29.3 Å². The van der Waals surface area contributed by atoms with Crippen LogP contribution in [0.4, 0.5) is 10.5 Å². The molecule has 0 radical (unpaired) electrons. The Labute approximate surface area is 191 Å². The second-order valence-corrected chi connectivity index (χ2v) is 8.64. The van der Waals surface area contributed by atoms with Crippen LogP contribution in [0.5, 0.6) is 5.75 Å². The minimum atomic E-state index is -0.684. The van der Waals surface area contributed by atoms with E-state index in [-0.39, 0.29) is 17.9 Å². The lowest BCUT2D eigenvalue weighted by molar-refractivity contribution is -0.115. The quantitative estimate of drug-likeness (QED) is 0.474. The molecule has 1 unspecified atom stereocenters. The van der Waals surface area contributed by atoms with Crippen molar-refractivity contribution in [2.75, 3.05) is 11.9 Å². The summed E-state index contributed by atoms with van der Waals surface area (Å²) in [5, 5.41) is 16.4. The molecule has 0 spiro atoms. The first-order valence-corrected chi connectivity index (χ1v) is 10.7. The number of alkyl carbamates (subject to hydrolysis) is 1. The van der Waals surface area contributed by atoms with Crippen LogP contribution in [0.15, 0.2) is 57.7 Å². The maximum absolute atomic E-state index is 12.7. The van der Waals surface area contributed by atoms with Crippen molar-refractivity contribution < 1.29 is 23.8 Å². The first-order chi connectivity index (χ1) is 15.6. The van der Waals surface area contributed by atoms with Gasteiger partial charge in [0, 0.05) is 11.6 Å². The fourth-order valence-corrected chi connectivity index (χ4v) is 3.57. The number of nitrogens with one attached hydrogen (secondary N) is 2. The lowest BCUT2D eigenvalue weighted by Gasteiger charge is -2.19. The molecule has 0 bridgehead atoms. The highest BCUT2D eigenvalue weighted by molar-refractivity contribution is 5.94. The molecule has 174 valence electrons. The van der Waals surface area contributed by atoms with Crippen molar-refractivity contribution >= 4 is 28.7 Å². The maximum atomic E-state index is 12.7. The van der Waals surface area contributed by atoms with Crippen molar-refractivity contribution in [1.82, 2.24) is 5.32 Å². The molecule has 1 aromatic heterocycles. The van der Waals surface area contributed by atoms with Gasteiger partial charge in [-0.15, -0.1) is 0 Å². The molecule has 1 heterocycles. The summed E-state index contributed by atoms with van der Waals surface area (Å²) in [4.78, 5) is 36.7. The van der Waals surface area contributed by atoms with Gasteiger partial charge in [-0.05, 0) is 57.0 Å². The smallest absolute Gasteiger partial charge is 0.408 e. The minimum absolute atomic E-state index is 0.107. The van der Waals surface area contributed by atoms with Gasteiger partial charge in [-0.2, -0.15) is 0 Å². The third-order valence-corrected chi connectivity index (χ3v) is 4.94. The van der Waals surface area contributed by atoms with Crippen LogP contribution in [0, 0.1) is 0 Å². The van der Waals surface area contributed by atoms with E-state index in [9.17, 15) is 19.5 Å². The number of carbonyl (C=O) groups excluding carboxylic acids is 2. The van der Waals surface area contributed by atoms with E-state index in [1.54, 1.807) is 63.2 Å². The van der Waals surface area contributed by atoms with Gasteiger partial charge in [-0.1, -0.05) is 31.2 Å². The van der Waals surface area contributed by atoms with Gasteiger partial charge in [0.05, 0.1) is 10.9 Å². The second-order valence-electron chi connectivity index (χ2n) is 8.64. The van der Waals surface area contributed by atoms with Crippen LogP contribution >= 0.6 is 0 Å². The number of hydrogen-bond acceptors (Lipinski definition) is 6. The Kier molecular flexibility index (Phi) is 7.06. The van der Waals surface area contributed by atoms with E-state index in [4.69, 9.17) is 9.15 Å². The van der Waals surface area contributed by atoms with E-state index in [0.29, 0.717) is 23.1 Å². The summed E-state index contributed by atoms with van der Waals surface area (Å²) in [6.45, 7) is 6.84. The molecule has 3 aromatic rings. The molecular formula is C25H28N2O6. The molecular weight excluding hydrogens is 424 g/mol. The fraction of sp³-hybridized carbons (Fsp3) is 0.320. The van der Waals surface area contributed by atoms with Gasteiger partial charge in [-0.25, -0.2) is 9.59 Å². The number of fused-ring (bicyclic) bond motifs is 1. The summed E-state index contributed by atoms with van der Waals surface area (Å²) in [7, 11) is 0. The Morgan fingerprint density at radius 1 is 1.12 bits per heavy atom. The number of para-hydroxylation sites is 1. The normalized spacial score (nSPS) is 12.2. The van der Waals surface area contributed by atoms with Gasteiger partial charge < -0.3 is 24.9 Å². The van der Waals surface area contributed by atoms with Crippen molar-refractivity contribution in [3.05, 3.63) is 70.1 Å². The summed E-state index contributed by atoms with van der Waals surface area (Å²) < 4.78 is 10.5. The molecule has 1 atom stereocenters. The number of benzene rings is 2. The van der Waals surface area contributed by atoms with Crippen LogP contribution < -0.4 is 16.3 Å². The van der Waals surface area contributed by atoms with E-state index in [1.807, 2.05) is 13.0 Å². The fourth-order valence-electron chi connectivity index (χ4n) is 3.57. The SMILES string of the molecule is CCC(c1cccc(NC(=O)CNC(=O)OC(C)(C)C)c1)c1c(O)c2ccccc2oc1=O. The lowest BCUT2D eigenvalue weighted by Crippen LogP contribution is -2.37. The second kappa shape index (κ2) is 9.77. The molecule has 2 aromatic carbocycles. The van der Waals surface area contributed by atoms with Gasteiger partial charge in [0.15, 0.2) is 0 Å². The maximum Gasteiger partial charge on any atom is 0.408 e. The zero-order chi connectivity index (χ0) is 24.2. The first-order valence-electron chi connectivity index (χ1n) is 10.7. The number of rotatable bonds is 6. The number of amides is 2. The highest BCUT2D eigenvalue weighted by Crippen LogP contribution is 2.36. The van der Waals surface area contributed by atoms with Crippen molar-refractivity contribution in [3.8, 4) is 5.75 Å². The molecule has 0 fully saturated rings. The zero-order valence-corrected chi connectivity index (χ0v) is 19.1. The molecule has 0 aliphatic heterocycles. The molecule has 8 nitrogen and oxygen atoms in total. The summed E-state index contributed by atoms with van der Waals surface area (Å²) in [6.07, 6.45) is -0.162. The molecule has 0 aliphatic carbocycles. The van der Waals surface area contributed by atoms with Gasteiger partial charge in [0.2, 0.25) is 5.91 Å². The average Bonchev–Trinajstić information content (AvgIpc) is 2.74. The number of anilines is 1. The monoisotopic (exact) mass is 452 g/mol. The standard InChI is InChI=1S/C25H28N2O6/c1-5-17(21-22(29)18-11-6-7-12-19(18)32-23(21)30)15-9-8-10-16(13-15)27-20(28)14-26-24(31)33-25(2,3)4/h6-13,17,29H,5,14H2,1-4H3,(H,26,31)(H,27,28). The predicted octanol–water partition coefficient (Wildman–Crippen LogP) is 4.50. The molecule has 0 saturated heterocycles. The summed E-state index contributed by atoms with van der Waals surface area (Å²) >= 11 is 0. The minimum Gasteiger partial charge on any atom is -0.507 e. The van der Waals surface area contributed by atoms with E-state index in [2.05, 4.69) is 10.6 Å². The van der Waals surface area contributed by atoms with Crippen molar-refractivity contribution in [2.24, 2.45) is 0 Å². The van der Waals surface area contributed by atoms with E-state index in [0.717, 1.165) is 5.56 Å². The molecule has 3 N–H and O–H groups in total. The number of carbonyl (C=O) groups is 2. The number of hydrogen-bond donors (Lipinski definition) is 3. The van der Waals surface area contributed by atoms with Gasteiger partial charge >= 0.3 is 11.7 Å². The number of ether oxygens (including phenoxy) is 1. The third kappa shape index (κ3) is 5.91. The molecule has 0 saturated carbocycles. The topological polar surface area (TPSA) is 118 Å². The Morgan fingerprint density at radius 2 is 1.85 bits per heavy atom. The van der Waals surface area contributed by atoms with Gasteiger partial charge in [-0.3, -0.25) is 4.79 Å². The first kappa shape index (κ1) is 23.8. The average molecular weight is 453 g/mol. The van der Waals surface area contributed by atoms with Gasteiger partial charge in [0.25, 0.3) is 0 Å². The molecule has 0 aliphatic rings. The Balaban J connectivity index is 1.80. The number of aromatic hydroxyl groups is 1. The van der Waals surface area contributed by atoms with Crippen LogP contribution in [0.25, 0.3) is 11.0 Å². The molecule has 33 heavy (non-hydrogen) atoms. The van der Waals surface area contributed by atoms with Crippen molar-refractivity contribution in [2.45, 2.75) is 45.6 Å². The van der Waals surface area contributed by atoms with Crippen LogP contribution in [0.3, 0.4) is 0 Å². The lowest BCUT2D eigenvalue weighted by atomic mass is 9.88. The summed E-state index contributed by atoms with van der Waals surface area (Å²) in [5.74, 6) is -0.980. The Hall–Kier alpha value is -3.81. The molecule has 3 rings (SSSR count). The van der Waals surface area contributed by atoms with E-state index < -0.39 is 29.1 Å². The predicted molar refractivity (Wildman–Crippen MR) is 126 cm³/mol. The molecule has 8 heteroatoms. The zero-order valence-electron chi connectivity index (χ0n) is 19.1. The van der Waals surface area contributed by atoms with E-state index in [1.165, 1.54) is 0 Å². The highest BCUT2D eigenvalue weighted by Gasteiger charge is 2.24. The summed E-state index contributed by atoms with van der Waals surface area (Å²) in [6, 6.07) is 13.8. The Bertz CT molecular complexity index is 1230. The van der Waals surface area contributed by atoms with Crippen LogP contribution in [0.1, 0.15) is 51.2 Å². The molecule has 2 amide bonds. The summed E-state index contributed by atoms with van der Waals surface area (Å²) in [5.41, 5.74) is 0.447. The van der Waals surface area contributed by atoms with Gasteiger partial charge in [0.1, 0.15) is 23.5 Å². The third-order valence-electron chi connectivity index (χ3n) is 4.94. The van der Waals surface area contributed by atoms with Crippen LogP contribution in [0.2, 0.25) is 0 Å². The Morgan fingerprint density at radius 3 is 2.55 bits per heavy atom.